The Morgan fingerprint density at radius 3 is 2.54 bits per heavy atom. The van der Waals surface area contributed by atoms with Gasteiger partial charge in [0, 0.05) is 10.0 Å². The lowest BCUT2D eigenvalue weighted by Crippen LogP contribution is -2.07. The zero-order valence-corrected chi connectivity index (χ0v) is 16.4. The van der Waals surface area contributed by atoms with Gasteiger partial charge in [-0.2, -0.15) is 5.26 Å². The van der Waals surface area contributed by atoms with Gasteiger partial charge in [0.05, 0.1) is 18.3 Å². The lowest BCUT2D eigenvalue weighted by atomic mass is 9.96. The molecule has 0 unspecified atom stereocenters. The maximum atomic E-state index is 9.82. The van der Waals surface area contributed by atoms with Crippen molar-refractivity contribution < 1.29 is 0 Å². The number of halogens is 2. The summed E-state index contributed by atoms with van der Waals surface area (Å²) in [5.74, 6) is -0.0636. The van der Waals surface area contributed by atoms with Gasteiger partial charge in [-0.25, -0.2) is 14.6 Å². The van der Waals surface area contributed by atoms with Gasteiger partial charge in [0.1, 0.15) is 11.7 Å². The second kappa shape index (κ2) is 7.55. The molecule has 0 radical (unpaired) electrons. The summed E-state index contributed by atoms with van der Waals surface area (Å²) in [6.45, 7) is 2.20. The predicted molar refractivity (Wildman–Crippen MR) is 107 cm³/mol. The van der Waals surface area contributed by atoms with E-state index in [9.17, 15) is 5.26 Å². The van der Waals surface area contributed by atoms with Crippen LogP contribution in [-0.4, -0.2) is 25.0 Å². The summed E-state index contributed by atoms with van der Waals surface area (Å²) < 4.78 is 1.67. The van der Waals surface area contributed by atoms with E-state index in [0.29, 0.717) is 39.3 Å². The maximum Gasteiger partial charge on any atom is 0.182 e. The molecule has 6 nitrogen and oxygen atoms in total. The van der Waals surface area contributed by atoms with E-state index < -0.39 is 5.92 Å². The summed E-state index contributed by atoms with van der Waals surface area (Å²) in [6.07, 6.45) is 0. The number of hydrogen-bond acceptors (Lipinski definition) is 5. The van der Waals surface area contributed by atoms with Crippen LogP contribution in [0.15, 0.2) is 48.5 Å². The average Bonchev–Trinajstić information content (AvgIpc) is 3.08. The minimum absolute atomic E-state index is 0.421. The summed E-state index contributed by atoms with van der Waals surface area (Å²) in [5, 5.41) is 19.6. The first-order valence-corrected chi connectivity index (χ1v) is 9.28. The molecule has 0 aliphatic heterocycles. The number of benzene rings is 2. The molecule has 8 heteroatoms. The van der Waals surface area contributed by atoms with Crippen molar-refractivity contribution in [2.24, 2.45) is 0 Å². The number of hydrogen-bond donors (Lipinski definition) is 0. The molecular formula is C20H14Cl2N6. The fourth-order valence-electron chi connectivity index (χ4n) is 3.03. The van der Waals surface area contributed by atoms with Crippen molar-refractivity contribution in [2.45, 2.75) is 19.4 Å². The van der Waals surface area contributed by atoms with Crippen molar-refractivity contribution in [2.75, 3.05) is 0 Å². The van der Waals surface area contributed by atoms with Crippen LogP contribution in [0.5, 0.6) is 0 Å². The molecule has 2 aromatic carbocycles. The maximum absolute atomic E-state index is 9.82. The van der Waals surface area contributed by atoms with E-state index >= 15 is 0 Å². The number of aryl methyl sites for hydroxylation is 1. The van der Waals surface area contributed by atoms with Gasteiger partial charge in [0.25, 0.3) is 0 Å². The minimum Gasteiger partial charge on any atom is -0.234 e. The second-order valence-corrected chi connectivity index (χ2v) is 7.12. The summed E-state index contributed by atoms with van der Waals surface area (Å²) in [5.41, 5.74) is 3.28. The highest BCUT2D eigenvalue weighted by Crippen LogP contribution is 2.28. The Kier molecular flexibility index (Phi) is 4.95. The zero-order valence-electron chi connectivity index (χ0n) is 14.8. The standard InChI is InChI=1S/C20H14Cl2N6/c1-12-24-18(16(10-23)13-6-8-15(21)9-7-13)19-20(25-12)28(27-26-19)11-14-4-2-3-5-17(14)22/h2-9,16H,11H2,1H3/t16-/m1/s1. The van der Waals surface area contributed by atoms with Gasteiger partial charge in [0.15, 0.2) is 11.2 Å². The second-order valence-electron chi connectivity index (χ2n) is 6.28. The van der Waals surface area contributed by atoms with Gasteiger partial charge in [-0.15, -0.1) is 5.10 Å². The molecule has 0 spiro atoms. The molecule has 0 aliphatic rings. The van der Waals surface area contributed by atoms with Crippen LogP contribution in [0.4, 0.5) is 0 Å². The molecule has 0 saturated carbocycles. The van der Waals surface area contributed by atoms with Crippen LogP contribution in [0.1, 0.15) is 28.6 Å². The topological polar surface area (TPSA) is 80.3 Å². The lowest BCUT2D eigenvalue weighted by molar-refractivity contribution is 0.663. The van der Waals surface area contributed by atoms with Crippen LogP contribution < -0.4 is 0 Å². The van der Waals surface area contributed by atoms with Crippen LogP contribution in [0, 0.1) is 18.3 Å². The number of fused-ring (bicyclic) bond motifs is 1. The number of rotatable bonds is 4. The highest BCUT2D eigenvalue weighted by atomic mass is 35.5. The van der Waals surface area contributed by atoms with E-state index in [2.05, 4.69) is 26.3 Å². The smallest absolute Gasteiger partial charge is 0.182 e. The highest BCUT2D eigenvalue weighted by Gasteiger charge is 2.23. The van der Waals surface area contributed by atoms with Gasteiger partial charge >= 0.3 is 0 Å². The fraction of sp³-hybridized carbons (Fsp3) is 0.150. The van der Waals surface area contributed by atoms with E-state index in [1.165, 1.54) is 0 Å². The van der Waals surface area contributed by atoms with E-state index in [1.54, 1.807) is 23.7 Å². The lowest BCUT2D eigenvalue weighted by Gasteiger charge is -2.11. The Morgan fingerprint density at radius 1 is 1.07 bits per heavy atom. The van der Waals surface area contributed by atoms with Gasteiger partial charge in [-0.05, 0) is 36.2 Å². The Labute approximate surface area is 171 Å². The van der Waals surface area contributed by atoms with Gasteiger partial charge in [-0.3, -0.25) is 0 Å². The van der Waals surface area contributed by atoms with Crippen molar-refractivity contribution >= 4 is 34.4 Å². The Bertz CT molecular complexity index is 1190. The third-order valence-electron chi connectivity index (χ3n) is 4.39. The Hall–Kier alpha value is -3.01. The molecule has 0 bridgehead atoms. The Morgan fingerprint density at radius 2 is 1.82 bits per heavy atom. The van der Waals surface area contributed by atoms with E-state index in [4.69, 9.17) is 23.2 Å². The fourth-order valence-corrected chi connectivity index (χ4v) is 3.36. The van der Waals surface area contributed by atoms with Gasteiger partial charge in [-0.1, -0.05) is 58.7 Å². The van der Waals surface area contributed by atoms with Gasteiger partial charge in [0.2, 0.25) is 0 Å². The van der Waals surface area contributed by atoms with E-state index in [1.807, 2.05) is 36.4 Å². The van der Waals surface area contributed by atoms with E-state index in [0.717, 1.165) is 11.1 Å². The highest BCUT2D eigenvalue weighted by molar-refractivity contribution is 6.31. The minimum atomic E-state index is -0.605. The summed E-state index contributed by atoms with van der Waals surface area (Å²) in [7, 11) is 0. The van der Waals surface area contributed by atoms with Crippen molar-refractivity contribution in [1.29, 1.82) is 5.26 Å². The Balaban J connectivity index is 1.82. The molecule has 1 atom stereocenters. The first-order valence-electron chi connectivity index (χ1n) is 8.53. The molecule has 28 heavy (non-hydrogen) atoms. The molecule has 4 rings (SSSR count). The first kappa shape index (κ1) is 18.4. The van der Waals surface area contributed by atoms with Crippen molar-refractivity contribution in [3.63, 3.8) is 0 Å². The average molecular weight is 409 g/mol. The first-order chi connectivity index (χ1) is 13.6. The normalized spacial score (nSPS) is 12.1. The van der Waals surface area contributed by atoms with Crippen molar-refractivity contribution in [1.82, 2.24) is 25.0 Å². The largest absolute Gasteiger partial charge is 0.234 e. The summed E-state index contributed by atoms with van der Waals surface area (Å²) in [6, 6.07) is 17.0. The van der Waals surface area contributed by atoms with Crippen molar-refractivity contribution in [3.8, 4) is 6.07 Å². The van der Waals surface area contributed by atoms with Crippen LogP contribution in [0.25, 0.3) is 11.2 Å². The molecule has 0 saturated heterocycles. The number of aromatic nitrogens is 5. The SMILES string of the molecule is Cc1nc([C@H](C#N)c2ccc(Cl)cc2)c2nnn(Cc3ccccc3Cl)c2n1. The molecule has 4 aromatic rings. The predicted octanol–water partition coefficient (Wildman–Crippen LogP) is 4.54. The molecular weight excluding hydrogens is 395 g/mol. The monoisotopic (exact) mass is 408 g/mol. The summed E-state index contributed by atoms with van der Waals surface area (Å²) in [4.78, 5) is 9.00. The number of nitrogens with zero attached hydrogens (tertiary/aromatic N) is 6. The van der Waals surface area contributed by atoms with Gasteiger partial charge < -0.3 is 0 Å². The summed E-state index contributed by atoms with van der Waals surface area (Å²) >= 11 is 12.2. The van der Waals surface area contributed by atoms with Crippen LogP contribution in [-0.2, 0) is 6.54 Å². The van der Waals surface area contributed by atoms with Crippen molar-refractivity contribution in [3.05, 3.63) is 81.2 Å². The molecule has 2 aromatic heterocycles. The molecule has 0 N–H and O–H groups in total. The molecule has 0 aliphatic carbocycles. The molecule has 0 amide bonds. The third kappa shape index (κ3) is 3.42. The quantitative estimate of drug-likeness (QED) is 0.494. The molecule has 138 valence electrons. The van der Waals surface area contributed by atoms with Crippen LogP contribution >= 0.6 is 23.2 Å². The van der Waals surface area contributed by atoms with Crippen LogP contribution in [0.3, 0.4) is 0 Å². The molecule has 0 fully saturated rings. The third-order valence-corrected chi connectivity index (χ3v) is 5.01. The van der Waals surface area contributed by atoms with E-state index in [-0.39, 0.29) is 0 Å². The number of nitriles is 1. The zero-order chi connectivity index (χ0) is 19.7. The van der Waals surface area contributed by atoms with Crippen LogP contribution in [0.2, 0.25) is 10.0 Å². The molecule has 2 heterocycles.